The summed E-state index contributed by atoms with van der Waals surface area (Å²) in [6.45, 7) is 2.07. The van der Waals surface area contributed by atoms with Gasteiger partial charge in [-0.1, -0.05) is 18.2 Å². The second kappa shape index (κ2) is 3.77. The van der Waals surface area contributed by atoms with Crippen molar-refractivity contribution >= 4 is 5.82 Å². The Morgan fingerprint density at radius 2 is 1.80 bits per heavy atom. The van der Waals surface area contributed by atoms with Crippen LogP contribution in [0.5, 0.6) is 0 Å². The molecule has 0 radical (unpaired) electrons. The molecule has 0 N–H and O–H groups in total. The maximum Gasteiger partial charge on any atom is 0.134 e. The molecule has 0 atom stereocenters. The fourth-order valence-corrected chi connectivity index (χ4v) is 1.72. The molecule has 2 aromatic rings. The van der Waals surface area contributed by atoms with Crippen LogP contribution in [0.4, 0.5) is 5.82 Å². The van der Waals surface area contributed by atoms with Crippen LogP contribution >= 0.6 is 0 Å². The molecule has 0 unspecified atom stereocenters. The maximum absolute atomic E-state index is 4.38. The average Bonchev–Trinajstić information content (AvgIpc) is 2.61. The molecule has 0 aliphatic rings. The van der Waals surface area contributed by atoms with E-state index in [-0.39, 0.29) is 0 Å². The highest BCUT2D eigenvalue weighted by atomic mass is 15.4. The average molecular weight is 201 g/mol. The minimum Gasteiger partial charge on any atom is -0.362 e. The van der Waals surface area contributed by atoms with Gasteiger partial charge in [-0.15, -0.1) is 0 Å². The molecule has 1 aromatic heterocycles. The van der Waals surface area contributed by atoms with Crippen LogP contribution < -0.4 is 4.90 Å². The molecule has 1 aromatic carbocycles. The minimum atomic E-state index is 1.09. The van der Waals surface area contributed by atoms with Gasteiger partial charge >= 0.3 is 0 Å². The highest BCUT2D eigenvalue weighted by Gasteiger charge is 2.09. The first kappa shape index (κ1) is 9.77. The minimum absolute atomic E-state index is 1.09. The lowest BCUT2D eigenvalue weighted by atomic mass is 10.3. The van der Waals surface area contributed by atoms with Gasteiger partial charge in [0.2, 0.25) is 0 Å². The van der Waals surface area contributed by atoms with Crippen LogP contribution in [0.25, 0.3) is 5.69 Å². The molecule has 78 valence electrons. The molecular formula is C12H15N3. The number of aryl methyl sites for hydroxylation is 1. The summed E-state index contributed by atoms with van der Waals surface area (Å²) in [5.74, 6) is 1.13. The van der Waals surface area contributed by atoms with Crippen molar-refractivity contribution in [1.29, 1.82) is 0 Å². The summed E-state index contributed by atoms with van der Waals surface area (Å²) in [5.41, 5.74) is 2.28. The lowest BCUT2D eigenvalue weighted by Gasteiger charge is -2.15. The van der Waals surface area contributed by atoms with Crippen molar-refractivity contribution in [1.82, 2.24) is 9.78 Å². The van der Waals surface area contributed by atoms with Gasteiger partial charge in [0.25, 0.3) is 0 Å². The number of aromatic nitrogens is 2. The van der Waals surface area contributed by atoms with E-state index in [1.807, 2.05) is 43.2 Å². The summed E-state index contributed by atoms with van der Waals surface area (Å²) in [6.07, 6.45) is 1.89. The molecule has 0 aliphatic carbocycles. The third-order valence-electron chi connectivity index (χ3n) is 2.34. The van der Waals surface area contributed by atoms with Gasteiger partial charge < -0.3 is 4.90 Å². The molecular weight excluding hydrogens is 186 g/mol. The molecule has 3 heteroatoms. The van der Waals surface area contributed by atoms with Gasteiger partial charge in [0.15, 0.2) is 0 Å². The Morgan fingerprint density at radius 1 is 1.13 bits per heavy atom. The summed E-state index contributed by atoms with van der Waals surface area (Å²) in [5, 5.41) is 4.38. The van der Waals surface area contributed by atoms with Crippen LogP contribution in [-0.4, -0.2) is 23.9 Å². The van der Waals surface area contributed by atoms with E-state index in [2.05, 4.69) is 29.1 Å². The molecule has 1 heterocycles. The van der Waals surface area contributed by atoms with E-state index >= 15 is 0 Å². The zero-order valence-electron chi connectivity index (χ0n) is 9.31. The van der Waals surface area contributed by atoms with Gasteiger partial charge in [-0.3, -0.25) is 0 Å². The van der Waals surface area contributed by atoms with Crippen molar-refractivity contribution in [2.45, 2.75) is 6.92 Å². The smallest absolute Gasteiger partial charge is 0.134 e. The molecule has 0 saturated heterocycles. The normalized spacial score (nSPS) is 10.3. The molecule has 0 amide bonds. The number of nitrogens with zero attached hydrogens (tertiary/aromatic N) is 3. The van der Waals surface area contributed by atoms with Crippen LogP contribution in [-0.2, 0) is 0 Å². The Bertz CT molecular complexity index is 443. The van der Waals surface area contributed by atoms with Crippen LogP contribution in [0.15, 0.2) is 36.5 Å². The number of benzene rings is 1. The summed E-state index contributed by atoms with van der Waals surface area (Å²) in [6, 6.07) is 10.2. The Labute approximate surface area is 90.0 Å². The third kappa shape index (κ3) is 1.73. The Morgan fingerprint density at radius 3 is 2.40 bits per heavy atom. The topological polar surface area (TPSA) is 21.1 Å². The van der Waals surface area contributed by atoms with Crippen LogP contribution in [0.1, 0.15) is 5.56 Å². The van der Waals surface area contributed by atoms with E-state index in [9.17, 15) is 0 Å². The zero-order valence-corrected chi connectivity index (χ0v) is 9.31. The molecule has 0 bridgehead atoms. The lowest BCUT2D eigenvalue weighted by molar-refractivity contribution is 0.853. The van der Waals surface area contributed by atoms with E-state index in [4.69, 9.17) is 0 Å². The summed E-state index contributed by atoms with van der Waals surface area (Å²) >= 11 is 0. The van der Waals surface area contributed by atoms with E-state index in [0.717, 1.165) is 11.5 Å². The van der Waals surface area contributed by atoms with Gasteiger partial charge in [-0.25, -0.2) is 4.68 Å². The van der Waals surface area contributed by atoms with Crippen molar-refractivity contribution in [3.05, 3.63) is 42.1 Å². The third-order valence-corrected chi connectivity index (χ3v) is 2.34. The predicted octanol–water partition coefficient (Wildman–Crippen LogP) is 2.25. The monoisotopic (exact) mass is 201 g/mol. The summed E-state index contributed by atoms with van der Waals surface area (Å²) in [7, 11) is 4.06. The van der Waals surface area contributed by atoms with E-state index in [1.165, 1.54) is 5.56 Å². The van der Waals surface area contributed by atoms with Gasteiger partial charge in [0.05, 0.1) is 11.9 Å². The van der Waals surface area contributed by atoms with Crippen molar-refractivity contribution < 1.29 is 0 Å². The lowest BCUT2D eigenvalue weighted by Crippen LogP contribution is -2.15. The fraction of sp³-hybridized carbons (Fsp3) is 0.250. The Balaban J connectivity index is 2.54. The van der Waals surface area contributed by atoms with Gasteiger partial charge in [0, 0.05) is 19.7 Å². The van der Waals surface area contributed by atoms with Gasteiger partial charge in [-0.2, -0.15) is 5.10 Å². The van der Waals surface area contributed by atoms with Crippen molar-refractivity contribution in [3.63, 3.8) is 0 Å². The first-order valence-electron chi connectivity index (χ1n) is 4.97. The van der Waals surface area contributed by atoms with Gasteiger partial charge in [0.1, 0.15) is 5.82 Å². The van der Waals surface area contributed by atoms with Crippen LogP contribution in [0, 0.1) is 6.92 Å². The molecule has 15 heavy (non-hydrogen) atoms. The number of para-hydroxylation sites is 1. The molecule has 0 fully saturated rings. The largest absolute Gasteiger partial charge is 0.362 e. The molecule has 0 saturated carbocycles. The number of hydrogen-bond donors (Lipinski definition) is 0. The summed E-state index contributed by atoms with van der Waals surface area (Å²) in [4.78, 5) is 2.08. The summed E-state index contributed by atoms with van der Waals surface area (Å²) < 4.78 is 1.95. The number of rotatable bonds is 2. The van der Waals surface area contributed by atoms with Crippen molar-refractivity contribution in [2.75, 3.05) is 19.0 Å². The van der Waals surface area contributed by atoms with Crippen LogP contribution in [0.3, 0.4) is 0 Å². The SMILES string of the molecule is Cc1cnn(-c2ccccc2)c1N(C)C. The van der Waals surface area contributed by atoms with Crippen molar-refractivity contribution in [2.24, 2.45) is 0 Å². The quantitative estimate of drug-likeness (QED) is 0.743. The maximum atomic E-state index is 4.38. The first-order chi connectivity index (χ1) is 7.20. The highest BCUT2D eigenvalue weighted by Crippen LogP contribution is 2.21. The standard InChI is InChI=1S/C12H15N3/c1-10-9-13-15(12(10)14(2)3)11-7-5-4-6-8-11/h4-9H,1-3H3. The Hall–Kier alpha value is -1.77. The first-order valence-corrected chi connectivity index (χ1v) is 4.97. The van der Waals surface area contributed by atoms with Crippen LogP contribution in [0.2, 0.25) is 0 Å². The van der Waals surface area contributed by atoms with Gasteiger partial charge in [-0.05, 0) is 19.1 Å². The second-order valence-electron chi connectivity index (χ2n) is 3.79. The Kier molecular flexibility index (Phi) is 2.46. The zero-order chi connectivity index (χ0) is 10.8. The molecule has 0 spiro atoms. The van der Waals surface area contributed by atoms with E-state index < -0.39 is 0 Å². The fourth-order valence-electron chi connectivity index (χ4n) is 1.72. The molecule has 2 rings (SSSR count). The highest BCUT2D eigenvalue weighted by molar-refractivity contribution is 5.50. The predicted molar refractivity (Wildman–Crippen MR) is 62.6 cm³/mol. The number of anilines is 1. The number of hydrogen-bond acceptors (Lipinski definition) is 2. The second-order valence-corrected chi connectivity index (χ2v) is 3.79. The van der Waals surface area contributed by atoms with E-state index in [0.29, 0.717) is 0 Å². The molecule has 0 aliphatic heterocycles. The van der Waals surface area contributed by atoms with Crippen molar-refractivity contribution in [3.8, 4) is 5.69 Å². The molecule has 3 nitrogen and oxygen atoms in total. The van der Waals surface area contributed by atoms with E-state index in [1.54, 1.807) is 0 Å².